The number of nitrogens with one attached hydrogen (secondary N) is 1. The van der Waals surface area contributed by atoms with Crippen molar-refractivity contribution in [3.63, 3.8) is 0 Å². The lowest BCUT2D eigenvalue weighted by molar-refractivity contribution is 0.182. The van der Waals surface area contributed by atoms with Crippen LogP contribution in [0.25, 0.3) is 0 Å². The Morgan fingerprint density at radius 1 is 1.53 bits per heavy atom. The lowest BCUT2D eigenvalue weighted by Crippen LogP contribution is -2.29. The fourth-order valence-electron chi connectivity index (χ4n) is 2.32. The molecule has 5 heteroatoms. The molecular weight excluding hydrogens is 282 g/mol. The van der Waals surface area contributed by atoms with Gasteiger partial charge in [-0.2, -0.15) is 5.10 Å². The molecule has 1 saturated heterocycles. The van der Waals surface area contributed by atoms with Gasteiger partial charge >= 0.3 is 0 Å². The number of hydrogen-bond donors (Lipinski definition) is 1. The summed E-state index contributed by atoms with van der Waals surface area (Å²) < 4.78 is 8.31. The zero-order chi connectivity index (χ0) is 12.1. The summed E-state index contributed by atoms with van der Waals surface area (Å²) in [6.07, 6.45) is 5.54. The summed E-state index contributed by atoms with van der Waals surface area (Å²) >= 11 is 3.60. The van der Waals surface area contributed by atoms with Crippen LogP contribution in [-0.4, -0.2) is 36.6 Å². The van der Waals surface area contributed by atoms with Crippen LogP contribution in [0.15, 0.2) is 10.7 Å². The third kappa shape index (κ3) is 3.53. The Bertz CT molecular complexity index is 348. The van der Waals surface area contributed by atoms with Gasteiger partial charge < -0.3 is 10.1 Å². The smallest absolute Gasteiger partial charge is 0.0658 e. The van der Waals surface area contributed by atoms with Gasteiger partial charge in [0.15, 0.2) is 0 Å². The van der Waals surface area contributed by atoms with Crippen LogP contribution in [0.2, 0.25) is 0 Å². The highest BCUT2D eigenvalue weighted by Gasteiger charge is 2.17. The van der Waals surface area contributed by atoms with E-state index in [9.17, 15) is 0 Å². The average Bonchev–Trinajstić information content (AvgIpc) is 2.70. The van der Waals surface area contributed by atoms with Crippen LogP contribution in [0, 0.1) is 5.92 Å². The van der Waals surface area contributed by atoms with Crippen LogP contribution < -0.4 is 5.32 Å². The first-order valence-electron chi connectivity index (χ1n) is 6.21. The Morgan fingerprint density at radius 2 is 2.29 bits per heavy atom. The van der Waals surface area contributed by atoms with Crippen molar-refractivity contribution in [1.29, 1.82) is 0 Å². The number of rotatable bonds is 5. The lowest BCUT2D eigenvalue weighted by atomic mass is 9.93. The Morgan fingerprint density at radius 3 is 3.00 bits per heavy atom. The molecule has 1 aliphatic heterocycles. The van der Waals surface area contributed by atoms with Crippen LogP contribution >= 0.6 is 15.9 Å². The summed E-state index contributed by atoms with van der Waals surface area (Å²) in [4.78, 5) is 0. The number of halogens is 1. The molecule has 0 atom stereocenters. The van der Waals surface area contributed by atoms with Crippen LogP contribution in [0.1, 0.15) is 18.5 Å². The Balaban J connectivity index is 1.99. The molecule has 0 saturated carbocycles. The molecule has 1 aromatic heterocycles. The van der Waals surface area contributed by atoms with Gasteiger partial charge in [-0.3, -0.25) is 4.68 Å². The van der Waals surface area contributed by atoms with Crippen molar-refractivity contribution in [2.24, 2.45) is 5.92 Å². The van der Waals surface area contributed by atoms with E-state index in [1.54, 1.807) is 7.11 Å². The van der Waals surface area contributed by atoms with Crippen LogP contribution in [0.3, 0.4) is 0 Å². The molecule has 1 fully saturated rings. The minimum Gasteiger partial charge on any atom is -0.383 e. The van der Waals surface area contributed by atoms with Crippen molar-refractivity contribution in [2.75, 3.05) is 26.8 Å². The zero-order valence-corrected chi connectivity index (χ0v) is 11.9. The highest BCUT2D eigenvalue weighted by Crippen LogP contribution is 2.23. The van der Waals surface area contributed by atoms with Gasteiger partial charge in [0.25, 0.3) is 0 Å². The van der Waals surface area contributed by atoms with E-state index in [0.29, 0.717) is 6.61 Å². The SMILES string of the molecule is COCCn1ncc(Br)c1CC1CCNCC1. The second kappa shape index (κ2) is 6.52. The molecule has 0 aliphatic carbocycles. The van der Waals surface area contributed by atoms with E-state index >= 15 is 0 Å². The molecule has 0 amide bonds. The van der Waals surface area contributed by atoms with E-state index in [0.717, 1.165) is 36.4 Å². The molecule has 0 bridgehead atoms. The maximum absolute atomic E-state index is 5.11. The highest BCUT2D eigenvalue weighted by molar-refractivity contribution is 9.10. The van der Waals surface area contributed by atoms with Crippen molar-refractivity contribution in [3.8, 4) is 0 Å². The number of methoxy groups -OCH3 is 1. The summed E-state index contributed by atoms with van der Waals surface area (Å²) in [5.41, 5.74) is 1.31. The second-order valence-electron chi connectivity index (χ2n) is 4.55. The van der Waals surface area contributed by atoms with E-state index in [1.165, 1.54) is 18.5 Å². The monoisotopic (exact) mass is 301 g/mol. The fraction of sp³-hybridized carbons (Fsp3) is 0.750. The van der Waals surface area contributed by atoms with Gasteiger partial charge in [-0.05, 0) is 54.2 Å². The molecule has 1 aliphatic rings. The Kier molecular flexibility index (Phi) is 5.00. The van der Waals surface area contributed by atoms with Gasteiger partial charge in [0.2, 0.25) is 0 Å². The van der Waals surface area contributed by atoms with Gasteiger partial charge in [-0.1, -0.05) is 0 Å². The third-order valence-corrected chi connectivity index (χ3v) is 4.01. The summed E-state index contributed by atoms with van der Waals surface area (Å²) in [6, 6.07) is 0. The Labute approximate surface area is 111 Å². The molecule has 4 nitrogen and oxygen atoms in total. The number of piperidine rings is 1. The normalized spacial score (nSPS) is 17.5. The molecule has 0 unspecified atom stereocenters. The molecule has 2 rings (SSSR count). The van der Waals surface area contributed by atoms with Gasteiger partial charge in [-0.25, -0.2) is 0 Å². The summed E-state index contributed by atoms with van der Waals surface area (Å²) in [7, 11) is 1.73. The van der Waals surface area contributed by atoms with Gasteiger partial charge in [0.05, 0.1) is 29.5 Å². The molecule has 1 N–H and O–H groups in total. The number of aromatic nitrogens is 2. The van der Waals surface area contributed by atoms with Crippen molar-refractivity contribution < 1.29 is 4.74 Å². The fourth-order valence-corrected chi connectivity index (χ4v) is 2.78. The first kappa shape index (κ1) is 13.1. The predicted octanol–water partition coefficient (Wildman–Crippen LogP) is 1.83. The predicted molar refractivity (Wildman–Crippen MR) is 71.1 cm³/mol. The maximum Gasteiger partial charge on any atom is 0.0658 e. The summed E-state index contributed by atoms with van der Waals surface area (Å²) in [6.45, 7) is 3.85. The topological polar surface area (TPSA) is 39.1 Å². The van der Waals surface area contributed by atoms with Crippen LogP contribution in [0.4, 0.5) is 0 Å². The van der Waals surface area contributed by atoms with Crippen LogP contribution in [0.5, 0.6) is 0 Å². The third-order valence-electron chi connectivity index (χ3n) is 3.35. The standard InChI is InChI=1S/C12H20BrN3O/c1-17-7-6-16-12(11(13)9-15-16)8-10-2-4-14-5-3-10/h9-10,14H,2-8H2,1H3. The maximum atomic E-state index is 5.11. The van der Waals surface area contributed by atoms with E-state index in [-0.39, 0.29) is 0 Å². The molecule has 0 spiro atoms. The first-order chi connectivity index (χ1) is 8.31. The van der Waals surface area contributed by atoms with Crippen LogP contribution in [-0.2, 0) is 17.7 Å². The van der Waals surface area contributed by atoms with Crippen molar-refractivity contribution in [1.82, 2.24) is 15.1 Å². The van der Waals surface area contributed by atoms with E-state index in [2.05, 4.69) is 31.0 Å². The van der Waals surface area contributed by atoms with Crippen molar-refractivity contribution >= 4 is 15.9 Å². The van der Waals surface area contributed by atoms with E-state index < -0.39 is 0 Å². The molecule has 2 heterocycles. The van der Waals surface area contributed by atoms with Gasteiger partial charge in [0, 0.05) is 7.11 Å². The Hall–Kier alpha value is -0.390. The molecular formula is C12H20BrN3O. The molecule has 0 aromatic carbocycles. The van der Waals surface area contributed by atoms with Crippen molar-refractivity contribution in [3.05, 3.63) is 16.4 Å². The van der Waals surface area contributed by atoms with Crippen molar-refractivity contribution in [2.45, 2.75) is 25.8 Å². The first-order valence-corrected chi connectivity index (χ1v) is 7.00. The number of hydrogen-bond acceptors (Lipinski definition) is 3. The van der Waals surface area contributed by atoms with Gasteiger partial charge in [-0.15, -0.1) is 0 Å². The minimum absolute atomic E-state index is 0.716. The van der Waals surface area contributed by atoms with E-state index in [1.807, 2.05) is 6.20 Å². The lowest BCUT2D eigenvalue weighted by Gasteiger charge is -2.23. The quantitative estimate of drug-likeness (QED) is 0.902. The zero-order valence-electron chi connectivity index (χ0n) is 10.3. The number of nitrogens with zero attached hydrogens (tertiary/aromatic N) is 2. The molecule has 96 valence electrons. The second-order valence-corrected chi connectivity index (χ2v) is 5.41. The average molecular weight is 302 g/mol. The summed E-state index contributed by atoms with van der Waals surface area (Å²) in [5, 5.41) is 7.80. The van der Waals surface area contributed by atoms with E-state index in [4.69, 9.17) is 4.74 Å². The molecule has 0 radical (unpaired) electrons. The van der Waals surface area contributed by atoms with Gasteiger partial charge in [0.1, 0.15) is 0 Å². The highest BCUT2D eigenvalue weighted by atomic mass is 79.9. The summed E-state index contributed by atoms with van der Waals surface area (Å²) in [5.74, 6) is 0.783. The largest absolute Gasteiger partial charge is 0.383 e. The molecule has 17 heavy (non-hydrogen) atoms. The molecule has 1 aromatic rings. The number of ether oxygens (including phenoxy) is 1. The minimum atomic E-state index is 0.716.